The third-order valence-corrected chi connectivity index (χ3v) is 9.37. The molecule has 1 nitrogen and oxygen atoms in total. The van der Waals surface area contributed by atoms with Crippen molar-refractivity contribution < 1.29 is 0 Å². The molecule has 0 bridgehead atoms. The Labute approximate surface area is 80.1 Å². The quantitative estimate of drug-likeness (QED) is 0.559. The van der Waals surface area contributed by atoms with Gasteiger partial charge in [0.25, 0.3) is 0 Å². The van der Waals surface area contributed by atoms with Crippen LogP contribution >= 0.6 is 0 Å². The van der Waals surface area contributed by atoms with Crippen molar-refractivity contribution in [1.29, 1.82) is 0 Å². The third kappa shape index (κ3) is 4.75. The molecule has 0 aliphatic heterocycles. The first-order valence-electron chi connectivity index (χ1n) is 3.58. The molecule has 0 spiro atoms. The Kier molecular flexibility index (Phi) is 6.50. The number of nitrogens with zero attached hydrogens (tertiary/aromatic N) is 1. The van der Waals surface area contributed by atoms with E-state index in [1.165, 1.54) is 0 Å². The second-order valence-corrected chi connectivity index (χ2v) is 12.4. The average Bonchev–Trinajstić information content (AvgIpc) is 1.62. The van der Waals surface area contributed by atoms with Crippen LogP contribution in [0.2, 0.25) is 32.7 Å². The molecule has 0 aliphatic rings. The molecule has 0 fully saturated rings. The van der Waals surface area contributed by atoms with E-state index in [2.05, 4.69) is 44.0 Å². The van der Waals surface area contributed by atoms with Gasteiger partial charge in [-0.2, -0.15) is 0 Å². The van der Waals surface area contributed by atoms with E-state index in [1.807, 2.05) is 0 Å². The van der Waals surface area contributed by atoms with Gasteiger partial charge in [-0.05, 0) is 7.05 Å². The Morgan fingerprint density at radius 2 is 1.40 bits per heavy atom. The monoisotopic (exact) mass is 169 g/mol. The summed E-state index contributed by atoms with van der Waals surface area (Å²) in [6, 6.07) is 0. The van der Waals surface area contributed by atoms with Gasteiger partial charge in [0.05, 0.1) is 8.96 Å². The molecule has 0 aromatic carbocycles. The first kappa shape index (κ1) is 13.6. The Morgan fingerprint density at radius 1 is 1.10 bits per heavy atom. The molecule has 0 atom stereocenters. The van der Waals surface area contributed by atoms with Crippen molar-refractivity contribution >= 4 is 36.1 Å². The van der Waals surface area contributed by atoms with Crippen molar-refractivity contribution in [3.63, 3.8) is 0 Å². The van der Waals surface area contributed by atoms with E-state index < -0.39 is 17.2 Å². The molecule has 0 amide bonds. The molecule has 0 unspecified atom stereocenters. The van der Waals surface area contributed by atoms with Gasteiger partial charge in [-0.3, -0.25) is 0 Å². The molecule has 0 aromatic heterocycles. The van der Waals surface area contributed by atoms with Gasteiger partial charge in [-0.1, -0.05) is 32.7 Å². The molecule has 4 heteroatoms. The van der Waals surface area contributed by atoms with Crippen molar-refractivity contribution in [2.45, 2.75) is 32.7 Å². The van der Waals surface area contributed by atoms with Crippen molar-refractivity contribution in [3.05, 3.63) is 0 Å². The zero-order valence-corrected chi connectivity index (χ0v) is 9.68. The number of hydrogen-bond acceptors (Lipinski definition) is 1. The third-order valence-electron chi connectivity index (χ3n) is 1.83. The first-order valence-corrected chi connectivity index (χ1v) is 9.86. The van der Waals surface area contributed by atoms with Crippen LogP contribution in [0.3, 0.4) is 0 Å². The molecule has 0 aliphatic carbocycles. The molecule has 0 radical (unpaired) electrons. The zero-order valence-electron chi connectivity index (χ0n) is 7.52. The molecule has 0 heterocycles. The first-order chi connectivity index (χ1) is 3.85. The average molecular weight is 169 g/mol. The normalized spacial score (nSPS) is 12.0. The summed E-state index contributed by atoms with van der Waals surface area (Å²) in [5, 5.41) is 0. The van der Waals surface area contributed by atoms with Gasteiger partial charge in [-0.15, -0.1) is 0 Å². The maximum absolute atomic E-state index is 2.63. The SMILES string of the molecule is CN([SiH](C)C)[Si](C)(C)C.[LiH]. The van der Waals surface area contributed by atoms with Crippen molar-refractivity contribution in [3.8, 4) is 0 Å². The summed E-state index contributed by atoms with van der Waals surface area (Å²) in [6.45, 7) is 12.0. The topological polar surface area (TPSA) is 3.24 Å². The van der Waals surface area contributed by atoms with Crippen LogP contribution in [0, 0.1) is 0 Å². The molecule has 0 rings (SSSR count). The van der Waals surface area contributed by atoms with Gasteiger partial charge >= 0.3 is 18.9 Å². The number of rotatable bonds is 2. The summed E-state index contributed by atoms with van der Waals surface area (Å²) in [7, 11) is 0.858. The van der Waals surface area contributed by atoms with Crippen molar-refractivity contribution in [1.82, 2.24) is 4.23 Å². The van der Waals surface area contributed by atoms with E-state index in [4.69, 9.17) is 0 Å². The van der Waals surface area contributed by atoms with Gasteiger partial charge in [-0.25, -0.2) is 0 Å². The minimum atomic E-state index is -0.929. The second kappa shape index (κ2) is 4.79. The standard InChI is InChI=1S/C6H19NSi2.Li.H/c1-7(8(2)3)9(4,5)6;;/h8H,1-6H3;;. The van der Waals surface area contributed by atoms with Crippen LogP contribution in [-0.2, 0) is 0 Å². The molecule has 0 saturated carbocycles. The predicted molar refractivity (Wildman–Crippen MR) is 57.1 cm³/mol. The molecule has 0 N–H and O–H groups in total. The van der Waals surface area contributed by atoms with E-state index in [0.717, 1.165) is 0 Å². The summed E-state index contributed by atoms with van der Waals surface area (Å²) < 4.78 is 2.63. The summed E-state index contributed by atoms with van der Waals surface area (Å²) in [5.41, 5.74) is 0. The van der Waals surface area contributed by atoms with E-state index in [0.29, 0.717) is 0 Å². The van der Waals surface area contributed by atoms with Crippen LogP contribution in [0.1, 0.15) is 0 Å². The van der Waals surface area contributed by atoms with Gasteiger partial charge in [0.15, 0.2) is 0 Å². The predicted octanol–water partition coefficient (Wildman–Crippen LogP) is 1.09. The fourth-order valence-electron chi connectivity index (χ4n) is 0.775. The zero-order chi connectivity index (χ0) is 7.65. The van der Waals surface area contributed by atoms with E-state index >= 15 is 0 Å². The van der Waals surface area contributed by atoms with Crippen LogP contribution in [0.4, 0.5) is 0 Å². The fourth-order valence-corrected chi connectivity index (χ4v) is 6.97. The Hall–Kier alpha value is 0.991. The summed E-state index contributed by atoms with van der Waals surface area (Å²) in [6.07, 6.45) is 0. The van der Waals surface area contributed by atoms with Gasteiger partial charge < -0.3 is 4.23 Å². The maximum atomic E-state index is 2.63. The van der Waals surface area contributed by atoms with E-state index in [-0.39, 0.29) is 18.9 Å². The number of hydrogen-bond donors (Lipinski definition) is 0. The Balaban J connectivity index is 0. The fraction of sp³-hybridized carbons (Fsp3) is 1.00. The van der Waals surface area contributed by atoms with Crippen LogP contribution in [0.25, 0.3) is 0 Å². The second-order valence-electron chi connectivity index (χ2n) is 3.88. The summed E-state index contributed by atoms with van der Waals surface area (Å²) in [5.74, 6) is 0. The van der Waals surface area contributed by atoms with Gasteiger partial charge in [0, 0.05) is 0 Å². The van der Waals surface area contributed by atoms with E-state index in [1.54, 1.807) is 0 Å². The van der Waals surface area contributed by atoms with Crippen LogP contribution in [-0.4, -0.2) is 47.3 Å². The Morgan fingerprint density at radius 3 is 1.40 bits per heavy atom. The molecule has 0 aromatic rings. The molecule has 10 heavy (non-hydrogen) atoms. The minimum absolute atomic E-state index is 0. The molecule has 0 saturated heterocycles. The molecule has 58 valence electrons. The molecular formula is C6H20LiNSi2. The molecular weight excluding hydrogens is 149 g/mol. The Bertz CT molecular complexity index is 90.2. The van der Waals surface area contributed by atoms with E-state index in [9.17, 15) is 0 Å². The van der Waals surface area contributed by atoms with Crippen LogP contribution in [0.5, 0.6) is 0 Å². The van der Waals surface area contributed by atoms with Crippen LogP contribution < -0.4 is 0 Å². The van der Waals surface area contributed by atoms with Crippen molar-refractivity contribution in [2.24, 2.45) is 0 Å². The van der Waals surface area contributed by atoms with Crippen molar-refractivity contribution in [2.75, 3.05) is 7.05 Å². The summed E-state index contributed by atoms with van der Waals surface area (Å²) >= 11 is 0. The van der Waals surface area contributed by atoms with Crippen LogP contribution in [0.15, 0.2) is 0 Å². The van der Waals surface area contributed by atoms with Gasteiger partial charge in [0.1, 0.15) is 8.24 Å². The van der Waals surface area contributed by atoms with Gasteiger partial charge in [0.2, 0.25) is 0 Å². The summed E-state index contributed by atoms with van der Waals surface area (Å²) in [4.78, 5) is 0.